The van der Waals surface area contributed by atoms with E-state index in [1.807, 2.05) is 19.1 Å². The number of rotatable bonds is 6. The molecule has 136 valence electrons. The molecule has 0 aliphatic rings. The summed E-state index contributed by atoms with van der Waals surface area (Å²) in [4.78, 5) is 13.0. The van der Waals surface area contributed by atoms with Crippen LogP contribution in [0.5, 0.6) is 11.5 Å². The maximum atomic E-state index is 13.0. The predicted molar refractivity (Wildman–Crippen MR) is 99.5 cm³/mol. The molecule has 0 saturated carbocycles. The molecule has 0 aromatic heterocycles. The third-order valence-electron chi connectivity index (χ3n) is 4.50. The molecular weight excluding hydrogens is 300 g/mol. The minimum Gasteiger partial charge on any atom is -0.494 e. The molecule has 0 fully saturated rings. The number of hydrogen-bond donors (Lipinski definition) is 0. The maximum absolute atomic E-state index is 13.0. The van der Waals surface area contributed by atoms with Crippen molar-refractivity contribution in [2.45, 2.75) is 68.2 Å². The molecule has 0 N–H and O–H groups in total. The molecule has 1 aromatic carbocycles. The lowest BCUT2D eigenvalue weighted by atomic mass is 9.61. The molecule has 1 atom stereocenters. The van der Waals surface area contributed by atoms with Gasteiger partial charge in [0.1, 0.15) is 11.5 Å². The van der Waals surface area contributed by atoms with E-state index in [1.165, 1.54) is 0 Å². The van der Waals surface area contributed by atoms with Crippen LogP contribution in [0.2, 0.25) is 0 Å². The van der Waals surface area contributed by atoms with Gasteiger partial charge in [-0.25, -0.2) is 0 Å². The van der Waals surface area contributed by atoms with Gasteiger partial charge in [-0.3, -0.25) is 4.79 Å². The number of benzene rings is 1. The third-order valence-corrected chi connectivity index (χ3v) is 4.50. The zero-order chi connectivity index (χ0) is 18.6. The lowest BCUT2D eigenvalue weighted by Gasteiger charge is -2.43. The van der Waals surface area contributed by atoms with Crippen LogP contribution in [0.25, 0.3) is 0 Å². The Labute approximate surface area is 147 Å². The molecule has 0 saturated heterocycles. The van der Waals surface area contributed by atoms with E-state index in [0.717, 1.165) is 18.6 Å². The van der Waals surface area contributed by atoms with Crippen molar-refractivity contribution in [3.8, 4) is 11.5 Å². The predicted octanol–water partition coefficient (Wildman–Crippen LogP) is 5.87. The number of carbonyl (C=O) groups excluding carboxylic acids is 1. The lowest BCUT2D eigenvalue weighted by Crippen LogP contribution is -2.45. The summed E-state index contributed by atoms with van der Waals surface area (Å²) in [5, 5.41) is 0. The van der Waals surface area contributed by atoms with Crippen molar-refractivity contribution in [2.75, 3.05) is 6.61 Å². The van der Waals surface area contributed by atoms with Crippen molar-refractivity contribution >= 4 is 5.97 Å². The molecule has 24 heavy (non-hydrogen) atoms. The second kappa shape index (κ2) is 7.58. The van der Waals surface area contributed by atoms with Crippen LogP contribution in [0.1, 0.15) is 68.2 Å². The van der Waals surface area contributed by atoms with E-state index in [4.69, 9.17) is 9.47 Å². The van der Waals surface area contributed by atoms with Gasteiger partial charge in [0.05, 0.1) is 12.0 Å². The monoisotopic (exact) mass is 334 g/mol. The van der Waals surface area contributed by atoms with Crippen molar-refractivity contribution in [1.29, 1.82) is 0 Å². The molecule has 0 radical (unpaired) electrons. The third kappa shape index (κ3) is 5.54. The summed E-state index contributed by atoms with van der Waals surface area (Å²) in [6.45, 7) is 17.5. The summed E-state index contributed by atoms with van der Waals surface area (Å²) in [6, 6.07) is 7.28. The highest BCUT2D eigenvalue weighted by molar-refractivity contribution is 5.79. The fourth-order valence-corrected chi connectivity index (χ4v) is 2.75. The molecule has 1 unspecified atom stereocenters. The van der Waals surface area contributed by atoms with Crippen molar-refractivity contribution in [1.82, 2.24) is 0 Å². The van der Waals surface area contributed by atoms with Gasteiger partial charge in [-0.1, -0.05) is 48.5 Å². The summed E-state index contributed by atoms with van der Waals surface area (Å²) >= 11 is 0. The van der Waals surface area contributed by atoms with Crippen molar-refractivity contribution < 1.29 is 14.3 Å². The van der Waals surface area contributed by atoms with E-state index < -0.39 is 5.41 Å². The van der Waals surface area contributed by atoms with Gasteiger partial charge in [-0.2, -0.15) is 0 Å². The zero-order valence-corrected chi connectivity index (χ0v) is 16.7. The number of ether oxygens (including phenoxy) is 2. The van der Waals surface area contributed by atoms with Crippen LogP contribution in [0.15, 0.2) is 24.3 Å². The number of esters is 1. The van der Waals surface area contributed by atoms with Crippen molar-refractivity contribution in [3.63, 3.8) is 0 Å². The van der Waals surface area contributed by atoms with Crippen LogP contribution in [-0.2, 0) is 4.79 Å². The minimum absolute atomic E-state index is 0.0406. The molecule has 0 spiro atoms. The van der Waals surface area contributed by atoms with E-state index in [-0.39, 0.29) is 16.8 Å². The Balaban J connectivity index is 2.92. The fourth-order valence-electron chi connectivity index (χ4n) is 2.75. The Bertz CT molecular complexity index is 532. The van der Waals surface area contributed by atoms with Gasteiger partial charge >= 0.3 is 5.97 Å². The Morgan fingerprint density at radius 1 is 0.917 bits per heavy atom. The van der Waals surface area contributed by atoms with Crippen molar-refractivity contribution in [3.05, 3.63) is 24.3 Å². The van der Waals surface area contributed by atoms with Gasteiger partial charge in [0.2, 0.25) is 0 Å². The Morgan fingerprint density at radius 2 is 1.42 bits per heavy atom. The molecule has 3 nitrogen and oxygen atoms in total. The maximum Gasteiger partial charge on any atom is 0.317 e. The number of hydrogen-bond acceptors (Lipinski definition) is 3. The van der Waals surface area contributed by atoms with Crippen LogP contribution in [0.4, 0.5) is 0 Å². The Morgan fingerprint density at radius 3 is 1.83 bits per heavy atom. The van der Waals surface area contributed by atoms with E-state index in [2.05, 4.69) is 48.5 Å². The van der Waals surface area contributed by atoms with Gasteiger partial charge in [0.15, 0.2) is 0 Å². The normalized spacial score (nSPS) is 14.8. The van der Waals surface area contributed by atoms with E-state index in [9.17, 15) is 4.79 Å². The highest BCUT2D eigenvalue weighted by Gasteiger charge is 2.47. The molecule has 1 aromatic rings. The summed E-state index contributed by atoms with van der Waals surface area (Å²) in [7, 11) is 0. The summed E-state index contributed by atoms with van der Waals surface area (Å²) in [5.74, 6) is 1.19. The summed E-state index contributed by atoms with van der Waals surface area (Å²) < 4.78 is 11.3. The highest BCUT2D eigenvalue weighted by atomic mass is 16.5. The molecule has 0 amide bonds. The fraction of sp³-hybridized carbons (Fsp3) is 0.667. The Kier molecular flexibility index (Phi) is 6.49. The molecular formula is C21H34O3. The van der Waals surface area contributed by atoms with Crippen LogP contribution in [0.3, 0.4) is 0 Å². The van der Waals surface area contributed by atoms with Gasteiger partial charge in [-0.05, 0) is 54.9 Å². The molecule has 1 rings (SSSR count). The smallest absolute Gasteiger partial charge is 0.317 e. The topological polar surface area (TPSA) is 35.5 Å². The van der Waals surface area contributed by atoms with E-state index in [1.54, 1.807) is 12.1 Å². The highest BCUT2D eigenvalue weighted by Crippen LogP contribution is 2.47. The SMILES string of the molecule is CCCOc1ccc(OC(=O)C(C)(CC(C)(C)C)C(C)(C)C)cc1. The lowest BCUT2D eigenvalue weighted by molar-refractivity contribution is -0.154. The van der Waals surface area contributed by atoms with E-state index >= 15 is 0 Å². The summed E-state index contributed by atoms with van der Waals surface area (Å²) in [5.41, 5.74) is -0.719. The van der Waals surface area contributed by atoms with Gasteiger partial charge in [0, 0.05) is 0 Å². The molecule has 0 heterocycles. The molecule has 0 aliphatic carbocycles. The van der Waals surface area contributed by atoms with Crippen molar-refractivity contribution in [2.24, 2.45) is 16.2 Å². The first-order valence-electron chi connectivity index (χ1n) is 8.84. The van der Waals surface area contributed by atoms with Gasteiger partial charge in [0.25, 0.3) is 0 Å². The average molecular weight is 334 g/mol. The minimum atomic E-state index is -0.567. The standard InChI is InChI=1S/C21H34O3/c1-9-14-23-16-10-12-17(13-11-16)24-18(22)21(8,20(5,6)7)15-19(2,3)4/h10-13H,9,14-15H2,1-8H3. The van der Waals surface area contributed by atoms with Crippen LogP contribution in [-0.4, -0.2) is 12.6 Å². The van der Waals surface area contributed by atoms with Crippen LogP contribution in [0, 0.1) is 16.2 Å². The van der Waals surface area contributed by atoms with Gasteiger partial charge in [-0.15, -0.1) is 0 Å². The molecule has 0 bridgehead atoms. The second-order valence-corrected chi connectivity index (χ2v) is 9.03. The first-order valence-corrected chi connectivity index (χ1v) is 8.84. The summed E-state index contributed by atoms with van der Waals surface area (Å²) in [6.07, 6.45) is 1.73. The largest absolute Gasteiger partial charge is 0.494 e. The molecule has 3 heteroatoms. The second-order valence-electron chi connectivity index (χ2n) is 9.03. The molecule has 0 aliphatic heterocycles. The Hall–Kier alpha value is -1.51. The van der Waals surface area contributed by atoms with E-state index in [0.29, 0.717) is 12.4 Å². The first-order chi connectivity index (χ1) is 10.9. The van der Waals surface area contributed by atoms with Gasteiger partial charge < -0.3 is 9.47 Å². The zero-order valence-electron chi connectivity index (χ0n) is 16.7. The quantitative estimate of drug-likeness (QED) is 0.482. The first kappa shape index (κ1) is 20.5. The number of carbonyl (C=O) groups is 1. The van der Waals surface area contributed by atoms with Crippen LogP contribution < -0.4 is 9.47 Å². The van der Waals surface area contributed by atoms with Crippen LogP contribution >= 0.6 is 0 Å². The average Bonchev–Trinajstić information content (AvgIpc) is 2.43.